The summed E-state index contributed by atoms with van der Waals surface area (Å²) in [5.41, 5.74) is -1.80. The zero-order valence-electron chi connectivity index (χ0n) is 22.6. The standard InChI is InChI=1S/C29H27ClF2N4O5/c1-29(2,3)34-26(37)25(19-12-17(31)7-10-21(19)30)36(14-15-5-8-18(41-4)9-6-15)27(38)22-23(32)20(28(39)40)11-16-13-33-35-24(16)22/h5-13,25H,14H2,1-4H3,(H,33,35)(H,34,37)(H,39,40). The van der Waals surface area contributed by atoms with Gasteiger partial charge in [0.15, 0.2) is 5.82 Å². The molecule has 1 unspecified atom stereocenters. The van der Waals surface area contributed by atoms with Crippen molar-refractivity contribution in [1.82, 2.24) is 20.4 Å². The second-order valence-electron chi connectivity index (χ2n) is 10.3. The van der Waals surface area contributed by atoms with Gasteiger partial charge in [0, 0.05) is 28.1 Å². The summed E-state index contributed by atoms with van der Waals surface area (Å²) in [6, 6.07) is 9.42. The van der Waals surface area contributed by atoms with E-state index in [1.807, 2.05) is 0 Å². The number of hydrogen-bond donors (Lipinski definition) is 3. The van der Waals surface area contributed by atoms with E-state index in [-0.39, 0.29) is 28.0 Å². The Bertz CT molecular complexity index is 1630. The smallest absolute Gasteiger partial charge is 0.338 e. The lowest BCUT2D eigenvalue weighted by Gasteiger charge is -2.34. The maximum absolute atomic E-state index is 15.8. The van der Waals surface area contributed by atoms with E-state index in [1.165, 1.54) is 19.4 Å². The van der Waals surface area contributed by atoms with Crippen molar-refractivity contribution in [3.63, 3.8) is 0 Å². The van der Waals surface area contributed by atoms with Gasteiger partial charge in [-0.15, -0.1) is 0 Å². The monoisotopic (exact) mass is 584 g/mol. The van der Waals surface area contributed by atoms with Crippen LogP contribution < -0.4 is 10.1 Å². The molecule has 0 fully saturated rings. The number of benzene rings is 3. The number of hydrogen-bond acceptors (Lipinski definition) is 5. The molecule has 1 heterocycles. The summed E-state index contributed by atoms with van der Waals surface area (Å²) in [5.74, 6) is -4.88. The molecule has 9 nitrogen and oxygen atoms in total. The zero-order chi connectivity index (χ0) is 30.1. The third-order valence-corrected chi connectivity index (χ3v) is 6.55. The average molecular weight is 585 g/mol. The third-order valence-electron chi connectivity index (χ3n) is 6.20. The van der Waals surface area contributed by atoms with Gasteiger partial charge in [-0.05, 0) is 62.7 Å². The van der Waals surface area contributed by atoms with E-state index in [0.29, 0.717) is 11.3 Å². The summed E-state index contributed by atoms with van der Waals surface area (Å²) in [4.78, 5) is 41.1. The number of nitrogens with one attached hydrogen (secondary N) is 2. The Hall–Kier alpha value is -4.51. The van der Waals surface area contributed by atoms with Crippen LogP contribution in [0.25, 0.3) is 10.9 Å². The van der Waals surface area contributed by atoms with Crippen LogP contribution in [0, 0.1) is 11.6 Å². The molecule has 2 amide bonds. The Morgan fingerprint density at radius 2 is 1.80 bits per heavy atom. The van der Waals surface area contributed by atoms with Gasteiger partial charge in [-0.3, -0.25) is 14.7 Å². The van der Waals surface area contributed by atoms with E-state index >= 15 is 4.39 Å². The topological polar surface area (TPSA) is 125 Å². The van der Waals surface area contributed by atoms with Crippen LogP contribution in [0.5, 0.6) is 5.75 Å². The number of carboxylic acids is 1. The summed E-state index contributed by atoms with van der Waals surface area (Å²) < 4.78 is 35.5. The number of aromatic carboxylic acids is 1. The molecule has 1 atom stereocenters. The van der Waals surface area contributed by atoms with Gasteiger partial charge >= 0.3 is 5.97 Å². The Morgan fingerprint density at radius 1 is 1.12 bits per heavy atom. The van der Waals surface area contributed by atoms with Crippen molar-refractivity contribution in [2.75, 3.05) is 7.11 Å². The molecule has 0 spiro atoms. The fraction of sp³-hybridized carbons (Fsp3) is 0.241. The number of aromatic amines is 1. The number of rotatable bonds is 8. The molecule has 0 aliphatic carbocycles. The van der Waals surface area contributed by atoms with Gasteiger partial charge in [0.1, 0.15) is 23.2 Å². The minimum atomic E-state index is -1.60. The molecular formula is C29H27ClF2N4O5. The molecule has 0 bridgehead atoms. The number of fused-ring (bicyclic) bond motifs is 1. The molecule has 1 aromatic heterocycles. The Balaban J connectivity index is 1.98. The molecule has 0 aliphatic rings. The number of amides is 2. The van der Waals surface area contributed by atoms with Crippen molar-refractivity contribution in [2.24, 2.45) is 0 Å². The van der Waals surface area contributed by atoms with Crippen LogP contribution in [0.1, 0.15) is 58.7 Å². The highest BCUT2D eigenvalue weighted by molar-refractivity contribution is 6.31. The minimum Gasteiger partial charge on any atom is -0.497 e. The number of halogens is 3. The fourth-order valence-electron chi connectivity index (χ4n) is 4.39. The number of carboxylic acid groups (broad SMARTS) is 1. The molecule has 3 aromatic carbocycles. The van der Waals surface area contributed by atoms with Gasteiger partial charge < -0.3 is 20.1 Å². The molecule has 3 N–H and O–H groups in total. The van der Waals surface area contributed by atoms with Gasteiger partial charge in [-0.25, -0.2) is 13.6 Å². The Kier molecular flexibility index (Phi) is 8.29. The molecule has 0 radical (unpaired) electrons. The average Bonchev–Trinajstić information content (AvgIpc) is 3.37. The van der Waals surface area contributed by atoms with E-state index in [9.17, 15) is 23.9 Å². The molecule has 4 rings (SSSR count). The molecular weight excluding hydrogens is 558 g/mol. The van der Waals surface area contributed by atoms with Crippen molar-refractivity contribution in [3.8, 4) is 5.75 Å². The van der Waals surface area contributed by atoms with Crippen LogP contribution in [-0.4, -0.2) is 50.6 Å². The normalized spacial score (nSPS) is 12.2. The quantitative estimate of drug-likeness (QED) is 0.251. The van der Waals surface area contributed by atoms with Gasteiger partial charge in [0.25, 0.3) is 5.91 Å². The van der Waals surface area contributed by atoms with Gasteiger partial charge in [-0.1, -0.05) is 23.7 Å². The lowest BCUT2D eigenvalue weighted by atomic mass is 9.98. The SMILES string of the molecule is COc1ccc(CN(C(=O)c2c(F)c(C(=O)O)cc3cn[nH]c23)C(C(=O)NC(C)(C)C)c2cc(F)ccc2Cl)cc1. The van der Waals surface area contributed by atoms with Crippen molar-refractivity contribution in [2.45, 2.75) is 38.9 Å². The van der Waals surface area contributed by atoms with Crippen LogP contribution >= 0.6 is 11.6 Å². The highest BCUT2D eigenvalue weighted by Crippen LogP contribution is 2.34. The Morgan fingerprint density at radius 3 is 2.41 bits per heavy atom. The fourth-order valence-corrected chi connectivity index (χ4v) is 4.61. The van der Waals surface area contributed by atoms with Crippen LogP contribution in [0.15, 0.2) is 54.7 Å². The summed E-state index contributed by atoms with van der Waals surface area (Å²) in [7, 11) is 1.48. The maximum atomic E-state index is 15.8. The number of carbonyl (C=O) groups is 3. The number of methoxy groups -OCH3 is 1. The van der Waals surface area contributed by atoms with E-state index in [4.69, 9.17) is 16.3 Å². The molecule has 12 heteroatoms. The lowest BCUT2D eigenvalue weighted by Crippen LogP contribution is -2.49. The number of H-pyrrole nitrogens is 1. The van der Waals surface area contributed by atoms with Crippen LogP contribution in [0.4, 0.5) is 8.78 Å². The lowest BCUT2D eigenvalue weighted by molar-refractivity contribution is -0.127. The first-order valence-corrected chi connectivity index (χ1v) is 12.8. The molecule has 0 saturated carbocycles. The highest BCUT2D eigenvalue weighted by atomic mass is 35.5. The minimum absolute atomic E-state index is 0.0144. The highest BCUT2D eigenvalue weighted by Gasteiger charge is 2.38. The second-order valence-corrected chi connectivity index (χ2v) is 10.7. The van der Waals surface area contributed by atoms with Gasteiger partial charge in [0.05, 0.1) is 24.4 Å². The molecule has 0 saturated heterocycles. The largest absolute Gasteiger partial charge is 0.497 e. The zero-order valence-corrected chi connectivity index (χ0v) is 23.3. The van der Waals surface area contributed by atoms with E-state index in [0.717, 1.165) is 23.1 Å². The second kappa shape index (κ2) is 11.5. The van der Waals surface area contributed by atoms with E-state index in [1.54, 1.807) is 45.0 Å². The van der Waals surface area contributed by atoms with E-state index < -0.39 is 52.1 Å². The van der Waals surface area contributed by atoms with Gasteiger partial charge in [-0.2, -0.15) is 5.10 Å². The molecule has 0 aliphatic heterocycles. The van der Waals surface area contributed by atoms with Crippen molar-refractivity contribution < 1.29 is 33.0 Å². The third kappa shape index (κ3) is 6.30. The summed E-state index contributed by atoms with van der Waals surface area (Å²) in [6.07, 6.45) is 1.25. The number of ether oxygens (including phenoxy) is 1. The number of nitrogens with zero attached hydrogens (tertiary/aromatic N) is 2. The van der Waals surface area contributed by atoms with Gasteiger partial charge in [0.2, 0.25) is 5.91 Å². The first-order chi connectivity index (χ1) is 19.3. The number of aromatic nitrogens is 2. The van der Waals surface area contributed by atoms with Crippen molar-refractivity contribution >= 4 is 40.3 Å². The maximum Gasteiger partial charge on any atom is 0.338 e. The number of carbonyl (C=O) groups excluding carboxylic acids is 2. The molecule has 214 valence electrons. The molecule has 41 heavy (non-hydrogen) atoms. The Labute approximate surface area is 239 Å². The summed E-state index contributed by atoms with van der Waals surface area (Å²) >= 11 is 6.45. The van der Waals surface area contributed by atoms with E-state index in [2.05, 4.69) is 15.5 Å². The molecule has 4 aromatic rings. The van der Waals surface area contributed by atoms with Crippen molar-refractivity contribution in [1.29, 1.82) is 0 Å². The predicted octanol–water partition coefficient (Wildman–Crippen LogP) is 5.50. The predicted molar refractivity (Wildman–Crippen MR) is 148 cm³/mol. The van der Waals surface area contributed by atoms with Crippen LogP contribution in [0.3, 0.4) is 0 Å². The first-order valence-electron chi connectivity index (χ1n) is 12.4. The van der Waals surface area contributed by atoms with Crippen LogP contribution in [0.2, 0.25) is 5.02 Å². The summed E-state index contributed by atoms with van der Waals surface area (Å²) in [5, 5.41) is 19.0. The van der Waals surface area contributed by atoms with Crippen molar-refractivity contribution in [3.05, 3.63) is 93.6 Å². The first kappa shape index (κ1) is 29.5. The summed E-state index contributed by atoms with van der Waals surface area (Å²) in [6.45, 7) is 4.88. The van der Waals surface area contributed by atoms with Crippen LogP contribution in [-0.2, 0) is 11.3 Å².